The number of hydrogen-bond donors (Lipinski definition) is 0. The lowest BCUT2D eigenvalue weighted by molar-refractivity contribution is 0.0177. The number of ether oxygens (including phenoxy) is 1. The second-order valence-electron chi connectivity index (χ2n) is 5.47. The molecule has 0 unspecified atom stereocenters. The van der Waals surface area contributed by atoms with Crippen LogP contribution in [0.2, 0.25) is 0 Å². The maximum Gasteiger partial charge on any atom is 0.273 e. The number of amides is 1. The minimum atomic E-state index is -0.0118. The van der Waals surface area contributed by atoms with Crippen LogP contribution in [0.5, 0.6) is 5.19 Å². The van der Waals surface area contributed by atoms with Crippen LogP contribution in [-0.2, 0) is 0 Å². The number of carbonyl (C=O) groups excluding carboxylic acids is 1. The first-order chi connectivity index (χ1) is 11.7. The van der Waals surface area contributed by atoms with E-state index in [-0.39, 0.29) is 12.0 Å². The summed E-state index contributed by atoms with van der Waals surface area (Å²) in [4.78, 5) is 22.4. The van der Waals surface area contributed by atoms with Gasteiger partial charge in [0, 0.05) is 22.7 Å². The fraction of sp³-hybridized carbons (Fsp3) is 0.250. The van der Waals surface area contributed by atoms with Crippen LogP contribution in [0, 0.1) is 6.92 Å². The van der Waals surface area contributed by atoms with E-state index < -0.39 is 0 Å². The number of thiazole rings is 1. The van der Waals surface area contributed by atoms with Gasteiger partial charge in [0.15, 0.2) is 5.82 Å². The van der Waals surface area contributed by atoms with Crippen molar-refractivity contribution >= 4 is 17.2 Å². The van der Waals surface area contributed by atoms with Crippen molar-refractivity contribution in [2.75, 3.05) is 13.1 Å². The molecule has 0 aliphatic carbocycles. The molecule has 0 bridgehead atoms. The Morgan fingerprint density at radius 1 is 1.33 bits per heavy atom. The van der Waals surface area contributed by atoms with Crippen LogP contribution in [-0.4, -0.2) is 45.1 Å². The van der Waals surface area contributed by atoms with Crippen LogP contribution in [0.25, 0.3) is 11.5 Å². The molecule has 4 rings (SSSR count). The molecule has 1 aliphatic rings. The Morgan fingerprint density at radius 2 is 2.12 bits per heavy atom. The van der Waals surface area contributed by atoms with Gasteiger partial charge in [-0.2, -0.15) is 4.98 Å². The van der Waals surface area contributed by atoms with Crippen molar-refractivity contribution in [3.63, 3.8) is 0 Å². The van der Waals surface area contributed by atoms with Gasteiger partial charge in [0.2, 0.25) is 0 Å². The predicted molar refractivity (Wildman–Crippen MR) is 86.9 cm³/mol. The van der Waals surface area contributed by atoms with E-state index in [1.54, 1.807) is 30.2 Å². The Bertz CT molecular complexity index is 839. The van der Waals surface area contributed by atoms with Gasteiger partial charge in [0.05, 0.1) is 13.1 Å². The Morgan fingerprint density at radius 3 is 2.75 bits per heavy atom. The van der Waals surface area contributed by atoms with Gasteiger partial charge in [-0.1, -0.05) is 16.5 Å². The standard InChI is InChI=1S/C16H14N4O3S/c1-10-18-14(23-19-10)11-2-4-12(5-3-11)15(21)20-8-13(9-20)22-16-17-6-7-24-16/h2-7,13H,8-9H2,1H3. The highest BCUT2D eigenvalue weighted by molar-refractivity contribution is 7.11. The quantitative estimate of drug-likeness (QED) is 0.724. The summed E-state index contributed by atoms with van der Waals surface area (Å²) in [6.45, 7) is 2.91. The summed E-state index contributed by atoms with van der Waals surface area (Å²) in [6, 6.07) is 7.16. The molecule has 7 nitrogen and oxygen atoms in total. The molecule has 0 N–H and O–H groups in total. The SMILES string of the molecule is Cc1noc(-c2ccc(C(=O)N3CC(Oc4nccs4)C3)cc2)n1. The molecule has 3 heterocycles. The van der Waals surface area contributed by atoms with E-state index in [0.717, 1.165) is 5.56 Å². The molecule has 1 saturated heterocycles. The van der Waals surface area contributed by atoms with E-state index in [0.29, 0.717) is 35.6 Å². The summed E-state index contributed by atoms with van der Waals surface area (Å²) in [5, 5.41) is 6.27. The molecular formula is C16H14N4O3S. The molecule has 24 heavy (non-hydrogen) atoms. The number of aromatic nitrogens is 3. The van der Waals surface area contributed by atoms with Crippen LogP contribution in [0.3, 0.4) is 0 Å². The van der Waals surface area contributed by atoms with Gasteiger partial charge in [-0.25, -0.2) is 4.98 Å². The Balaban J connectivity index is 1.37. The van der Waals surface area contributed by atoms with Crippen molar-refractivity contribution in [1.29, 1.82) is 0 Å². The van der Waals surface area contributed by atoms with Gasteiger partial charge >= 0.3 is 0 Å². The maximum absolute atomic E-state index is 12.4. The molecule has 1 aromatic carbocycles. The molecule has 2 aromatic heterocycles. The highest BCUT2D eigenvalue weighted by Gasteiger charge is 2.33. The molecular weight excluding hydrogens is 328 g/mol. The zero-order valence-electron chi connectivity index (χ0n) is 12.9. The van der Waals surface area contributed by atoms with E-state index >= 15 is 0 Å². The summed E-state index contributed by atoms with van der Waals surface area (Å²) in [5.74, 6) is 1.02. The van der Waals surface area contributed by atoms with Gasteiger partial charge in [-0.3, -0.25) is 4.79 Å². The van der Waals surface area contributed by atoms with Crippen LogP contribution in [0.4, 0.5) is 0 Å². The molecule has 122 valence electrons. The Labute approximate surface area is 141 Å². The zero-order valence-corrected chi connectivity index (χ0v) is 13.7. The lowest BCUT2D eigenvalue weighted by Gasteiger charge is -2.38. The predicted octanol–water partition coefficient (Wildman–Crippen LogP) is 2.40. The topological polar surface area (TPSA) is 81.4 Å². The average molecular weight is 342 g/mol. The highest BCUT2D eigenvalue weighted by atomic mass is 32.1. The molecule has 0 spiro atoms. The number of rotatable bonds is 4. The summed E-state index contributed by atoms with van der Waals surface area (Å²) in [6.07, 6.45) is 1.72. The van der Waals surface area contributed by atoms with Crippen molar-refractivity contribution in [1.82, 2.24) is 20.0 Å². The first kappa shape index (κ1) is 14.8. The third kappa shape index (κ3) is 2.88. The van der Waals surface area contributed by atoms with E-state index in [1.165, 1.54) is 11.3 Å². The lowest BCUT2D eigenvalue weighted by atomic mass is 10.1. The average Bonchev–Trinajstić information content (AvgIpc) is 3.21. The first-order valence-electron chi connectivity index (χ1n) is 7.45. The van der Waals surface area contributed by atoms with E-state index in [9.17, 15) is 4.79 Å². The number of aryl methyl sites for hydroxylation is 1. The normalized spacial score (nSPS) is 14.5. The number of hydrogen-bond acceptors (Lipinski definition) is 7. The summed E-state index contributed by atoms with van der Waals surface area (Å²) >= 11 is 1.45. The molecule has 0 radical (unpaired) electrons. The summed E-state index contributed by atoms with van der Waals surface area (Å²) < 4.78 is 10.8. The smallest absolute Gasteiger partial charge is 0.273 e. The highest BCUT2D eigenvalue weighted by Crippen LogP contribution is 2.23. The molecule has 3 aromatic rings. The maximum atomic E-state index is 12.4. The molecule has 8 heteroatoms. The van der Waals surface area contributed by atoms with E-state index in [4.69, 9.17) is 9.26 Å². The second-order valence-corrected chi connectivity index (χ2v) is 6.33. The minimum absolute atomic E-state index is 0.0118. The first-order valence-corrected chi connectivity index (χ1v) is 8.33. The number of carbonyl (C=O) groups is 1. The summed E-state index contributed by atoms with van der Waals surface area (Å²) in [5.41, 5.74) is 1.42. The van der Waals surface area contributed by atoms with Crippen LogP contribution in [0.15, 0.2) is 40.4 Å². The fourth-order valence-electron chi connectivity index (χ4n) is 2.44. The van der Waals surface area contributed by atoms with Gasteiger partial charge in [0.25, 0.3) is 17.0 Å². The van der Waals surface area contributed by atoms with Crippen LogP contribution >= 0.6 is 11.3 Å². The fourth-order valence-corrected chi connectivity index (χ4v) is 2.99. The monoisotopic (exact) mass is 342 g/mol. The van der Waals surface area contributed by atoms with Crippen molar-refractivity contribution in [3.8, 4) is 16.6 Å². The van der Waals surface area contributed by atoms with Gasteiger partial charge in [-0.15, -0.1) is 0 Å². The molecule has 1 fully saturated rings. The third-order valence-electron chi connectivity index (χ3n) is 3.72. The number of benzene rings is 1. The van der Waals surface area contributed by atoms with Gasteiger partial charge < -0.3 is 14.2 Å². The van der Waals surface area contributed by atoms with Gasteiger partial charge in [0.1, 0.15) is 6.10 Å². The Kier molecular flexibility index (Phi) is 3.73. The van der Waals surface area contributed by atoms with Crippen LogP contribution in [0.1, 0.15) is 16.2 Å². The van der Waals surface area contributed by atoms with Crippen molar-refractivity contribution in [2.24, 2.45) is 0 Å². The molecule has 0 atom stereocenters. The Hall–Kier alpha value is -2.74. The van der Waals surface area contributed by atoms with Crippen molar-refractivity contribution in [2.45, 2.75) is 13.0 Å². The van der Waals surface area contributed by atoms with E-state index in [1.807, 2.05) is 17.5 Å². The zero-order chi connectivity index (χ0) is 16.5. The molecule has 1 amide bonds. The van der Waals surface area contributed by atoms with Gasteiger partial charge in [-0.05, 0) is 31.2 Å². The molecule has 1 aliphatic heterocycles. The van der Waals surface area contributed by atoms with Crippen molar-refractivity contribution in [3.05, 3.63) is 47.2 Å². The van der Waals surface area contributed by atoms with Crippen LogP contribution < -0.4 is 4.74 Å². The minimum Gasteiger partial charge on any atom is -0.463 e. The number of likely N-dealkylation sites (tertiary alicyclic amines) is 1. The molecule has 0 saturated carbocycles. The largest absolute Gasteiger partial charge is 0.463 e. The van der Waals surface area contributed by atoms with E-state index in [2.05, 4.69) is 15.1 Å². The number of nitrogens with zero attached hydrogens (tertiary/aromatic N) is 4. The third-order valence-corrected chi connectivity index (χ3v) is 4.38. The summed E-state index contributed by atoms with van der Waals surface area (Å²) in [7, 11) is 0. The van der Waals surface area contributed by atoms with Crippen molar-refractivity contribution < 1.29 is 14.1 Å². The second kappa shape index (κ2) is 6.04. The lowest BCUT2D eigenvalue weighted by Crippen LogP contribution is -2.56.